The molecule has 0 aromatic carbocycles. The van der Waals surface area contributed by atoms with Gasteiger partial charge in [-0.25, -0.2) is 4.57 Å². The van der Waals surface area contributed by atoms with Crippen LogP contribution in [0.3, 0.4) is 0 Å². The van der Waals surface area contributed by atoms with Crippen LogP contribution in [0.5, 0.6) is 0 Å². The van der Waals surface area contributed by atoms with Gasteiger partial charge >= 0.3 is 19.8 Å². The number of esters is 2. The molecule has 0 fully saturated rings. The van der Waals surface area contributed by atoms with Gasteiger partial charge in [0, 0.05) is 12.8 Å². The second-order valence-electron chi connectivity index (χ2n) is 16.8. The topological polar surface area (TPSA) is 119 Å². The Hall–Kier alpha value is -1.21. The summed E-state index contributed by atoms with van der Waals surface area (Å²) >= 11 is 0. The maximum atomic E-state index is 12.4. The molecular formula is C48H93O8P. The largest absolute Gasteiger partial charge is 0.469 e. The van der Waals surface area contributed by atoms with Crippen LogP contribution in [0, 0.1) is 0 Å². The normalized spacial score (nSPS) is 12.4. The Balaban J connectivity index is 3.81. The lowest BCUT2D eigenvalue weighted by molar-refractivity contribution is -0.161. The first-order valence-electron chi connectivity index (χ1n) is 24.5. The van der Waals surface area contributed by atoms with Crippen molar-refractivity contribution in [1.29, 1.82) is 0 Å². The van der Waals surface area contributed by atoms with Crippen molar-refractivity contribution in [3.8, 4) is 0 Å². The molecule has 0 unspecified atom stereocenters. The summed E-state index contributed by atoms with van der Waals surface area (Å²) in [5, 5.41) is 0. The summed E-state index contributed by atoms with van der Waals surface area (Å²) in [5.74, 6) is -0.905. The van der Waals surface area contributed by atoms with Crippen molar-refractivity contribution < 1.29 is 37.9 Å². The summed E-state index contributed by atoms with van der Waals surface area (Å²) < 4.78 is 26.5. The molecule has 8 nitrogen and oxygen atoms in total. The number of phosphoric acid groups is 1. The highest BCUT2D eigenvalue weighted by atomic mass is 31.2. The second-order valence-corrected chi connectivity index (χ2v) is 18.0. The van der Waals surface area contributed by atoms with E-state index in [4.69, 9.17) is 19.3 Å². The van der Waals surface area contributed by atoms with Crippen molar-refractivity contribution in [2.75, 3.05) is 13.2 Å². The second kappa shape index (κ2) is 44.3. The summed E-state index contributed by atoms with van der Waals surface area (Å²) in [6.07, 6.45) is 51.0. The molecule has 0 saturated carbocycles. The molecular weight excluding hydrogens is 735 g/mol. The van der Waals surface area contributed by atoms with Gasteiger partial charge in [-0.15, -0.1) is 0 Å². The number of rotatable bonds is 46. The van der Waals surface area contributed by atoms with Gasteiger partial charge in [0.2, 0.25) is 0 Å². The average molecular weight is 829 g/mol. The van der Waals surface area contributed by atoms with Crippen LogP contribution in [0.1, 0.15) is 264 Å². The van der Waals surface area contributed by atoms with E-state index in [0.29, 0.717) is 12.8 Å². The number of phosphoric ester groups is 1. The van der Waals surface area contributed by atoms with Crippen LogP contribution >= 0.6 is 7.82 Å². The zero-order chi connectivity index (χ0) is 41.8. The molecule has 0 spiro atoms. The molecule has 0 heterocycles. The fourth-order valence-corrected chi connectivity index (χ4v) is 7.74. The minimum absolute atomic E-state index is 0.213. The maximum absolute atomic E-state index is 12.4. The summed E-state index contributed by atoms with van der Waals surface area (Å²) in [5.41, 5.74) is 0. The highest BCUT2D eigenvalue weighted by molar-refractivity contribution is 7.46. The van der Waals surface area contributed by atoms with Gasteiger partial charge in [-0.1, -0.05) is 231 Å². The third-order valence-electron chi connectivity index (χ3n) is 11.0. The minimum Gasteiger partial charge on any atom is -0.462 e. The predicted octanol–water partition coefficient (Wildman–Crippen LogP) is 15.4. The zero-order valence-corrected chi connectivity index (χ0v) is 38.4. The molecule has 0 aromatic rings. The van der Waals surface area contributed by atoms with Crippen LogP contribution in [0.4, 0.5) is 0 Å². The monoisotopic (exact) mass is 829 g/mol. The number of unbranched alkanes of at least 4 members (excludes halogenated alkanes) is 34. The zero-order valence-electron chi connectivity index (χ0n) is 37.5. The fraction of sp³-hybridized carbons (Fsp3) is 0.917. The van der Waals surface area contributed by atoms with Gasteiger partial charge in [0.15, 0.2) is 6.10 Å². The molecule has 0 rings (SSSR count). The SMILES string of the molecule is CCCCCCCCCCCCCCCCCCCC/C=C/CCCC(=O)OC[C@H](COP(=O)(O)O)OC(=O)CCCCCCCCCCCCCCCCCC. The first-order valence-corrected chi connectivity index (χ1v) is 26.0. The molecule has 2 N–H and O–H groups in total. The molecule has 1 atom stereocenters. The summed E-state index contributed by atoms with van der Waals surface area (Å²) in [6, 6.07) is 0. The molecule has 0 bridgehead atoms. The smallest absolute Gasteiger partial charge is 0.462 e. The number of hydrogen-bond donors (Lipinski definition) is 2. The molecule has 0 aromatic heterocycles. The van der Waals surface area contributed by atoms with Crippen molar-refractivity contribution in [3.63, 3.8) is 0 Å². The third kappa shape index (κ3) is 47.3. The summed E-state index contributed by atoms with van der Waals surface area (Å²) in [4.78, 5) is 43.0. The van der Waals surface area contributed by atoms with Crippen molar-refractivity contribution >= 4 is 19.8 Å². The Morgan fingerprint density at radius 2 is 0.754 bits per heavy atom. The number of hydrogen-bond acceptors (Lipinski definition) is 6. The van der Waals surface area contributed by atoms with Crippen molar-refractivity contribution in [1.82, 2.24) is 0 Å². The van der Waals surface area contributed by atoms with Gasteiger partial charge in [0.05, 0.1) is 6.61 Å². The predicted molar refractivity (Wildman–Crippen MR) is 239 cm³/mol. The van der Waals surface area contributed by atoms with Crippen LogP contribution in [0.2, 0.25) is 0 Å². The average Bonchev–Trinajstić information content (AvgIpc) is 3.18. The first kappa shape index (κ1) is 55.8. The highest BCUT2D eigenvalue weighted by Crippen LogP contribution is 2.36. The van der Waals surface area contributed by atoms with Crippen LogP contribution in [-0.2, 0) is 28.2 Å². The van der Waals surface area contributed by atoms with Crippen LogP contribution in [0.15, 0.2) is 12.2 Å². The lowest BCUT2D eigenvalue weighted by Crippen LogP contribution is -2.29. The van der Waals surface area contributed by atoms with E-state index in [-0.39, 0.29) is 19.4 Å². The van der Waals surface area contributed by atoms with E-state index in [1.54, 1.807) is 0 Å². The van der Waals surface area contributed by atoms with Crippen molar-refractivity contribution in [3.05, 3.63) is 12.2 Å². The fourth-order valence-electron chi connectivity index (χ4n) is 7.38. The van der Waals surface area contributed by atoms with E-state index in [0.717, 1.165) is 32.1 Å². The summed E-state index contributed by atoms with van der Waals surface area (Å²) in [7, 11) is -4.76. The Morgan fingerprint density at radius 3 is 1.12 bits per heavy atom. The highest BCUT2D eigenvalue weighted by Gasteiger charge is 2.23. The van der Waals surface area contributed by atoms with Crippen molar-refractivity contribution in [2.24, 2.45) is 0 Å². The summed E-state index contributed by atoms with van der Waals surface area (Å²) in [6.45, 7) is 3.71. The van der Waals surface area contributed by atoms with Gasteiger partial charge in [-0.05, 0) is 32.1 Å². The minimum atomic E-state index is -4.76. The van der Waals surface area contributed by atoms with Crippen LogP contribution < -0.4 is 0 Å². The lowest BCUT2D eigenvalue weighted by Gasteiger charge is -2.18. The van der Waals surface area contributed by atoms with E-state index in [1.165, 1.54) is 193 Å². The molecule has 0 radical (unpaired) electrons. The molecule has 0 aliphatic rings. The van der Waals surface area contributed by atoms with Gasteiger partial charge in [-0.2, -0.15) is 0 Å². The standard InChI is InChI=1S/C48H93O8P/c1-3-5-7-9-11-13-15-17-19-21-22-23-24-25-26-27-29-30-32-34-36-38-40-42-47(49)54-44-46(45-55-57(51,52)53)56-48(50)43-41-39-37-35-33-31-28-20-18-16-14-12-10-8-6-4-2/h34,36,46H,3-33,35,37-45H2,1-2H3,(H2,51,52,53)/b36-34+/t46-/m1/s1. The van der Waals surface area contributed by atoms with E-state index < -0.39 is 32.5 Å². The van der Waals surface area contributed by atoms with E-state index >= 15 is 0 Å². The molecule has 0 amide bonds. The molecule has 9 heteroatoms. The number of carbonyl (C=O) groups is 2. The van der Waals surface area contributed by atoms with E-state index in [9.17, 15) is 14.2 Å². The Kier molecular flexibility index (Phi) is 43.4. The van der Waals surface area contributed by atoms with Gasteiger partial charge in [0.1, 0.15) is 6.61 Å². The molecule has 338 valence electrons. The third-order valence-corrected chi connectivity index (χ3v) is 11.5. The van der Waals surface area contributed by atoms with Crippen LogP contribution in [0.25, 0.3) is 0 Å². The Morgan fingerprint density at radius 1 is 0.439 bits per heavy atom. The van der Waals surface area contributed by atoms with Gasteiger partial charge in [0.25, 0.3) is 0 Å². The Labute approximate surface area is 352 Å². The van der Waals surface area contributed by atoms with Crippen LogP contribution in [-0.4, -0.2) is 41.0 Å². The molecule has 0 saturated heterocycles. The Bertz CT molecular complexity index is 935. The van der Waals surface area contributed by atoms with Crippen molar-refractivity contribution in [2.45, 2.75) is 270 Å². The number of carbonyl (C=O) groups excluding carboxylic acids is 2. The first-order chi connectivity index (χ1) is 27.8. The van der Waals surface area contributed by atoms with Gasteiger partial charge < -0.3 is 19.3 Å². The maximum Gasteiger partial charge on any atom is 0.469 e. The van der Waals surface area contributed by atoms with E-state index in [1.807, 2.05) is 0 Å². The quantitative estimate of drug-likeness (QED) is 0.0269. The number of allylic oxidation sites excluding steroid dienone is 2. The lowest BCUT2D eigenvalue weighted by atomic mass is 10.0. The number of ether oxygens (including phenoxy) is 2. The van der Waals surface area contributed by atoms with E-state index in [2.05, 4.69) is 30.5 Å². The van der Waals surface area contributed by atoms with Gasteiger partial charge in [-0.3, -0.25) is 14.1 Å². The molecule has 57 heavy (non-hydrogen) atoms. The molecule has 0 aliphatic carbocycles. The molecule has 0 aliphatic heterocycles.